The predicted molar refractivity (Wildman–Crippen MR) is 127 cm³/mol. The maximum absolute atomic E-state index is 12.4. The van der Waals surface area contributed by atoms with Crippen LogP contribution in [0.15, 0.2) is 54.6 Å². The lowest BCUT2D eigenvalue weighted by Crippen LogP contribution is -2.42. The van der Waals surface area contributed by atoms with Gasteiger partial charge in [0.25, 0.3) is 0 Å². The molecule has 4 nitrogen and oxygen atoms in total. The molecule has 182 valence electrons. The lowest BCUT2D eigenvalue weighted by atomic mass is 9.74. The van der Waals surface area contributed by atoms with Gasteiger partial charge in [-0.25, -0.2) is 0 Å². The van der Waals surface area contributed by atoms with Gasteiger partial charge in [-0.05, 0) is 74.4 Å². The molecular formula is C25H32ClF3N2O2. The normalized spacial score (nSPS) is 16.1. The molecule has 1 amide bonds. The third-order valence-corrected chi connectivity index (χ3v) is 6.19. The van der Waals surface area contributed by atoms with E-state index in [1.54, 1.807) is 12.1 Å². The topological polar surface area (TPSA) is 41.6 Å². The minimum absolute atomic E-state index is 0. The first-order valence-corrected chi connectivity index (χ1v) is 11.1. The molecule has 1 heterocycles. The van der Waals surface area contributed by atoms with Gasteiger partial charge in [-0.15, -0.1) is 12.4 Å². The van der Waals surface area contributed by atoms with E-state index in [1.165, 1.54) is 17.7 Å². The van der Waals surface area contributed by atoms with Gasteiger partial charge in [0.05, 0.1) is 6.61 Å². The summed E-state index contributed by atoms with van der Waals surface area (Å²) >= 11 is 0. The first-order chi connectivity index (χ1) is 15.3. The Balaban J connectivity index is 0.00000385. The van der Waals surface area contributed by atoms with Gasteiger partial charge in [0, 0.05) is 18.8 Å². The van der Waals surface area contributed by atoms with Crippen molar-refractivity contribution >= 4 is 24.0 Å². The van der Waals surface area contributed by atoms with Crippen LogP contribution in [0.5, 0.6) is 0 Å². The van der Waals surface area contributed by atoms with Crippen molar-refractivity contribution in [3.63, 3.8) is 0 Å². The number of likely N-dealkylation sites (tertiary alicyclic amines) is 1. The Labute approximate surface area is 199 Å². The zero-order valence-electron chi connectivity index (χ0n) is 18.9. The highest BCUT2D eigenvalue weighted by Gasteiger charge is 2.38. The second kappa shape index (κ2) is 12.4. The smallest absolute Gasteiger partial charge is 0.381 e. The number of piperidine rings is 1. The quantitative estimate of drug-likeness (QED) is 0.484. The minimum Gasteiger partial charge on any atom is -0.381 e. The van der Waals surface area contributed by atoms with Crippen molar-refractivity contribution < 1.29 is 22.7 Å². The van der Waals surface area contributed by atoms with E-state index in [2.05, 4.69) is 29.2 Å². The van der Waals surface area contributed by atoms with Crippen LogP contribution in [0.3, 0.4) is 0 Å². The van der Waals surface area contributed by atoms with E-state index in [-0.39, 0.29) is 23.5 Å². The van der Waals surface area contributed by atoms with Crippen LogP contribution in [0.1, 0.15) is 37.3 Å². The van der Waals surface area contributed by atoms with Crippen molar-refractivity contribution in [1.82, 2.24) is 4.90 Å². The number of amides is 1. The first-order valence-electron chi connectivity index (χ1n) is 11.1. The van der Waals surface area contributed by atoms with Crippen LogP contribution in [0.2, 0.25) is 0 Å². The fraction of sp³-hybridized carbons (Fsp3) is 0.480. The van der Waals surface area contributed by atoms with E-state index in [0.29, 0.717) is 6.61 Å². The third kappa shape index (κ3) is 8.32. The van der Waals surface area contributed by atoms with Crippen molar-refractivity contribution in [2.45, 2.75) is 45.3 Å². The predicted octanol–water partition coefficient (Wildman–Crippen LogP) is 5.86. The lowest BCUT2D eigenvalue weighted by Gasteiger charge is -2.42. The summed E-state index contributed by atoms with van der Waals surface area (Å²) in [4.78, 5) is 13.4. The highest BCUT2D eigenvalue weighted by molar-refractivity contribution is 5.94. The SMILES string of the molecule is CCOCC1(CCc2ccccc2)CCN(Cc2ccc(NC(=O)C(F)(F)F)cc2)CC1.Cl. The van der Waals surface area contributed by atoms with Crippen LogP contribution in [0.25, 0.3) is 0 Å². The Morgan fingerprint density at radius 1 is 1.03 bits per heavy atom. The molecule has 0 atom stereocenters. The number of carbonyl (C=O) groups is 1. The maximum atomic E-state index is 12.4. The maximum Gasteiger partial charge on any atom is 0.471 e. The van der Waals surface area contributed by atoms with Crippen LogP contribution in [-0.2, 0) is 22.5 Å². The summed E-state index contributed by atoms with van der Waals surface area (Å²) in [7, 11) is 0. The summed E-state index contributed by atoms with van der Waals surface area (Å²) in [6, 6.07) is 17.1. The van der Waals surface area contributed by atoms with E-state index in [9.17, 15) is 18.0 Å². The summed E-state index contributed by atoms with van der Waals surface area (Å²) in [5.74, 6) is -1.96. The van der Waals surface area contributed by atoms with E-state index in [1.807, 2.05) is 18.3 Å². The number of hydrogen-bond acceptors (Lipinski definition) is 3. The van der Waals surface area contributed by atoms with Gasteiger partial charge in [0.1, 0.15) is 0 Å². The number of anilines is 1. The second-order valence-electron chi connectivity index (χ2n) is 8.55. The number of halogens is 4. The first kappa shape index (κ1) is 27.2. The molecule has 1 saturated heterocycles. The van der Waals surface area contributed by atoms with Crippen LogP contribution in [-0.4, -0.2) is 43.3 Å². The van der Waals surface area contributed by atoms with Gasteiger partial charge in [-0.2, -0.15) is 13.2 Å². The van der Waals surface area contributed by atoms with Gasteiger partial charge < -0.3 is 10.1 Å². The number of nitrogens with one attached hydrogen (secondary N) is 1. The summed E-state index contributed by atoms with van der Waals surface area (Å²) < 4.78 is 43.0. The molecule has 0 aliphatic carbocycles. The molecule has 0 spiro atoms. The Morgan fingerprint density at radius 2 is 1.67 bits per heavy atom. The van der Waals surface area contributed by atoms with E-state index in [4.69, 9.17) is 4.74 Å². The van der Waals surface area contributed by atoms with Crippen LogP contribution in [0.4, 0.5) is 18.9 Å². The van der Waals surface area contributed by atoms with Gasteiger partial charge in [-0.3, -0.25) is 9.69 Å². The second-order valence-corrected chi connectivity index (χ2v) is 8.55. The van der Waals surface area contributed by atoms with Crippen LogP contribution >= 0.6 is 12.4 Å². The molecule has 8 heteroatoms. The number of benzene rings is 2. The zero-order valence-corrected chi connectivity index (χ0v) is 19.7. The molecule has 33 heavy (non-hydrogen) atoms. The molecule has 1 fully saturated rings. The zero-order chi connectivity index (χ0) is 23.0. The fourth-order valence-electron chi connectivity index (χ4n) is 4.18. The summed E-state index contributed by atoms with van der Waals surface area (Å²) in [6.07, 6.45) is -0.641. The highest BCUT2D eigenvalue weighted by Crippen LogP contribution is 2.37. The molecule has 1 aliphatic heterocycles. The molecule has 1 N–H and O–H groups in total. The third-order valence-electron chi connectivity index (χ3n) is 6.19. The Morgan fingerprint density at radius 3 is 2.24 bits per heavy atom. The number of alkyl halides is 3. The number of ether oxygens (including phenoxy) is 1. The Hall–Kier alpha value is -2.09. The van der Waals surface area contributed by atoms with Crippen LogP contribution in [0, 0.1) is 5.41 Å². The number of hydrogen-bond donors (Lipinski definition) is 1. The van der Waals surface area contributed by atoms with E-state index < -0.39 is 12.1 Å². The van der Waals surface area contributed by atoms with Gasteiger partial charge >= 0.3 is 12.1 Å². The number of carbonyl (C=O) groups excluding carboxylic acids is 1. The van der Waals surface area contributed by atoms with E-state index in [0.717, 1.165) is 57.5 Å². The van der Waals surface area contributed by atoms with Crippen molar-refractivity contribution in [1.29, 1.82) is 0 Å². The highest BCUT2D eigenvalue weighted by atomic mass is 35.5. The lowest BCUT2D eigenvalue weighted by molar-refractivity contribution is -0.167. The molecular weight excluding hydrogens is 453 g/mol. The van der Waals surface area contributed by atoms with Gasteiger partial charge in [-0.1, -0.05) is 42.5 Å². The summed E-state index contributed by atoms with van der Waals surface area (Å²) in [5, 5.41) is 1.88. The molecule has 0 saturated carbocycles. The molecule has 2 aromatic rings. The molecule has 2 aromatic carbocycles. The standard InChI is InChI=1S/C25H31F3N2O2.ClH/c1-2-32-19-24(13-12-20-6-4-3-5-7-20)14-16-30(17-15-24)18-21-8-10-22(11-9-21)29-23(31)25(26,27)28;/h3-11H,2,12-19H2,1H3,(H,29,31);1H. The summed E-state index contributed by atoms with van der Waals surface area (Å²) in [6.45, 7) is 6.16. The largest absolute Gasteiger partial charge is 0.471 e. The number of rotatable bonds is 9. The van der Waals surface area contributed by atoms with Crippen molar-refractivity contribution in [2.75, 3.05) is 31.6 Å². The van der Waals surface area contributed by atoms with Crippen molar-refractivity contribution in [2.24, 2.45) is 5.41 Å². The Bertz CT molecular complexity index is 852. The minimum atomic E-state index is -4.89. The number of aryl methyl sites for hydroxylation is 1. The number of nitrogens with zero attached hydrogens (tertiary/aromatic N) is 1. The molecule has 0 bridgehead atoms. The molecule has 0 aromatic heterocycles. The summed E-state index contributed by atoms with van der Waals surface area (Å²) in [5.41, 5.74) is 2.68. The molecule has 1 aliphatic rings. The van der Waals surface area contributed by atoms with Gasteiger partial charge in [0.2, 0.25) is 0 Å². The average Bonchev–Trinajstić information content (AvgIpc) is 2.79. The Kier molecular flexibility index (Phi) is 10.2. The van der Waals surface area contributed by atoms with Crippen molar-refractivity contribution in [3.05, 3.63) is 65.7 Å². The average molecular weight is 485 g/mol. The van der Waals surface area contributed by atoms with Crippen LogP contribution < -0.4 is 5.32 Å². The molecule has 3 rings (SSSR count). The molecule has 0 unspecified atom stereocenters. The monoisotopic (exact) mass is 484 g/mol. The van der Waals surface area contributed by atoms with E-state index >= 15 is 0 Å². The fourth-order valence-corrected chi connectivity index (χ4v) is 4.18. The van der Waals surface area contributed by atoms with Gasteiger partial charge in [0.15, 0.2) is 0 Å². The molecule has 0 radical (unpaired) electrons. The van der Waals surface area contributed by atoms with Crippen molar-refractivity contribution in [3.8, 4) is 0 Å².